The van der Waals surface area contributed by atoms with Crippen molar-refractivity contribution in [3.8, 4) is 5.75 Å². The molecule has 2 aromatic carbocycles. The molecule has 128 valence electrons. The Kier molecular flexibility index (Phi) is 5.14. The average molecular weight is 336 g/mol. The van der Waals surface area contributed by atoms with Gasteiger partial charge in [0.1, 0.15) is 5.75 Å². The van der Waals surface area contributed by atoms with Gasteiger partial charge in [-0.25, -0.2) is 0 Å². The number of aromatic nitrogens is 1. The van der Waals surface area contributed by atoms with Gasteiger partial charge in [0.05, 0.1) is 13.0 Å². The van der Waals surface area contributed by atoms with Crippen LogP contribution in [0.1, 0.15) is 18.1 Å². The minimum absolute atomic E-state index is 0.128. The third kappa shape index (κ3) is 4.26. The second-order valence-electron chi connectivity index (χ2n) is 5.74. The Morgan fingerprint density at radius 2 is 1.88 bits per heavy atom. The molecule has 0 saturated carbocycles. The fourth-order valence-corrected chi connectivity index (χ4v) is 2.64. The minimum atomic E-state index is -0.180. The summed E-state index contributed by atoms with van der Waals surface area (Å²) >= 11 is 0. The number of para-hydroxylation sites is 1. The van der Waals surface area contributed by atoms with Crippen LogP contribution in [0.3, 0.4) is 0 Å². The van der Waals surface area contributed by atoms with Crippen LogP contribution in [0.15, 0.2) is 59.4 Å². The molecular formula is C20H20N2O3. The molecule has 0 fully saturated rings. The van der Waals surface area contributed by atoms with Crippen LogP contribution in [0, 0.1) is 0 Å². The van der Waals surface area contributed by atoms with E-state index in [1.807, 2.05) is 61.5 Å². The van der Waals surface area contributed by atoms with E-state index in [4.69, 9.17) is 4.74 Å². The molecule has 0 aliphatic rings. The van der Waals surface area contributed by atoms with Gasteiger partial charge < -0.3 is 15.0 Å². The van der Waals surface area contributed by atoms with Crippen LogP contribution in [0.2, 0.25) is 0 Å². The molecule has 25 heavy (non-hydrogen) atoms. The average Bonchev–Trinajstić information content (AvgIpc) is 2.62. The highest BCUT2D eigenvalue weighted by Gasteiger charge is 2.07. The molecule has 0 bridgehead atoms. The molecule has 0 aliphatic heterocycles. The summed E-state index contributed by atoms with van der Waals surface area (Å²) in [5.41, 5.74) is 2.05. The Hall–Kier alpha value is -3.08. The highest BCUT2D eigenvalue weighted by Crippen LogP contribution is 2.13. The van der Waals surface area contributed by atoms with Gasteiger partial charge in [-0.1, -0.05) is 30.3 Å². The largest absolute Gasteiger partial charge is 0.494 e. The number of amides is 1. The maximum Gasteiger partial charge on any atom is 0.253 e. The van der Waals surface area contributed by atoms with Crippen LogP contribution in [0.5, 0.6) is 5.75 Å². The molecule has 3 rings (SSSR count). The molecule has 0 aliphatic carbocycles. The lowest BCUT2D eigenvalue weighted by Gasteiger charge is -2.07. The second kappa shape index (κ2) is 7.66. The highest BCUT2D eigenvalue weighted by molar-refractivity contribution is 5.80. The summed E-state index contributed by atoms with van der Waals surface area (Å²) in [7, 11) is 0. The highest BCUT2D eigenvalue weighted by atomic mass is 16.5. The van der Waals surface area contributed by atoms with Gasteiger partial charge in [-0.3, -0.25) is 9.59 Å². The number of hydrogen-bond donors (Lipinski definition) is 2. The maximum absolute atomic E-state index is 12.1. The van der Waals surface area contributed by atoms with Crippen molar-refractivity contribution in [3.63, 3.8) is 0 Å². The summed E-state index contributed by atoms with van der Waals surface area (Å²) in [6, 6.07) is 16.8. The summed E-state index contributed by atoms with van der Waals surface area (Å²) in [5, 5.41) is 3.75. The van der Waals surface area contributed by atoms with Crippen LogP contribution < -0.4 is 15.6 Å². The molecule has 5 nitrogen and oxygen atoms in total. The number of ether oxygens (including phenoxy) is 1. The van der Waals surface area contributed by atoms with E-state index in [1.165, 1.54) is 0 Å². The molecule has 0 atom stereocenters. The van der Waals surface area contributed by atoms with E-state index in [-0.39, 0.29) is 24.4 Å². The molecule has 1 heterocycles. The first kappa shape index (κ1) is 16.8. The van der Waals surface area contributed by atoms with Gasteiger partial charge in [0.2, 0.25) is 5.91 Å². The van der Waals surface area contributed by atoms with E-state index in [0.717, 1.165) is 22.2 Å². The van der Waals surface area contributed by atoms with Crippen molar-refractivity contribution in [3.05, 3.63) is 76.1 Å². The lowest BCUT2D eigenvalue weighted by atomic mass is 10.1. The molecule has 5 heteroatoms. The predicted octanol–water partition coefficient (Wildman–Crippen LogP) is 2.79. The Bertz CT molecular complexity index is 930. The van der Waals surface area contributed by atoms with Gasteiger partial charge in [-0.05, 0) is 42.1 Å². The molecular weight excluding hydrogens is 316 g/mol. The van der Waals surface area contributed by atoms with Crippen molar-refractivity contribution in [2.24, 2.45) is 0 Å². The van der Waals surface area contributed by atoms with Crippen molar-refractivity contribution in [2.75, 3.05) is 6.61 Å². The van der Waals surface area contributed by atoms with Crippen LogP contribution >= 0.6 is 0 Å². The van der Waals surface area contributed by atoms with Crippen molar-refractivity contribution in [1.29, 1.82) is 0 Å². The zero-order valence-corrected chi connectivity index (χ0v) is 14.0. The summed E-state index contributed by atoms with van der Waals surface area (Å²) in [4.78, 5) is 27.0. The predicted molar refractivity (Wildman–Crippen MR) is 97.7 cm³/mol. The van der Waals surface area contributed by atoms with Crippen molar-refractivity contribution in [1.82, 2.24) is 10.3 Å². The number of nitrogens with one attached hydrogen (secondary N) is 2. The van der Waals surface area contributed by atoms with Gasteiger partial charge in [0, 0.05) is 17.6 Å². The smallest absolute Gasteiger partial charge is 0.253 e. The molecule has 2 N–H and O–H groups in total. The second-order valence-corrected chi connectivity index (χ2v) is 5.74. The monoisotopic (exact) mass is 336 g/mol. The van der Waals surface area contributed by atoms with E-state index in [1.54, 1.807) is 0 Å². The summed E-state index contributed by atoms with van der Waals surface area (Å²) in [5.74, 6) is 0.658. The Balaban J connectivity index is 1.62. The third-order valence-electron chi connectivity index (χ3n) is 3.91. The van der Waals surface area contributed by atoms with Gasteiger partial charge in [0.15, 0.2) is 0 Å². The number of H-pyrrole nitrogens is 1. The molecule has 1 aromatic heterocycles. The molecule has 0 radical (unpaired) electrons. The van der Waals surface area contributed by atoms with E-state index >= 15 is 0 Å². The SMILES string of the molecule is CCOc1ccc(CC(=O)NCc2cc3ccccc3[nH]c2=O)cc1. The van der Waals surface area contributed by atoms with Crippen molar-refractivity contribution in [2.45, 2.75) is 19.9 Å². The van der Waals surface area contributed by atoms with Crippen LogP contribution in [0.4, 0.5) is 0 Å². The fraction of sp³-hybridized carbons (Fsp3) is 0.200. The Labute approximate surface area is 145 Å². The minimum Gasteiger partial charge on any atom is -0.494 e. The van der Waals surface area contributed by atoms with E-state index in [2.05, 4.69) is 10.3 Å². The first-order chi connectivity index (χ1) is 12.2. The van der Waals surface area contributed by atoms with Gasteiger partial charge in [-0.15, -0.1) is 0 Å². The van der Waals surface area contributed by atoms with Crippen LogP contribution in [-0.4, -0.2) is 17.5 Å². The van der Waals surface area contributed by atoms with Gasteiger partial charge in [-0.2, -0.15) is 0 Å². The Morgan fingerprint density at radius 1 is 1.12 bits per heavy atom. The number of carbonyl (C=O) groups is 1. The maximum atomic E-state index is 12.1. The zero-order chi connectivity index (χ0) is 17.6. The number of hydrogen-bond acceptors (Lipinski definition) is 3. The normalized spacial score (nSPS) is 10.6. The number of aromatic amines is 1. The lowest BCUT2D eigenvalue weighted by molar-refractivity contribution is -0.120. The van der Waals surface area contributed by atoms with Gasteiger partial charge >= 0.3 is 0 Å². The Morgan fingerprint density at radius 3 is 2.64 bits per heavy atom. The molecule has 1 amide bonds. The number of fused-ring (bicyclic) bond motifs is 1. The molecule has 3 aromatic rings. The topological polar surface area (TPSA) is 71.2 Å². The van der Waals surface area contributed by atoms with E-state index < -0.39 is 0 Å². The number of carbonyl (C=O) groups excluding carboxylic acids is 1. The van der Waals surface area contributed by atoms with Crippen LogP contribution in [-0.2, 0) is 17.8 Å². The quantitative estimate of drug-likeness (QED) is 0.727. The molecule has 0 unspecified atom stereocenters. The summed E-state index contributed by atoms with van der Waals surface area (Å²) in [6.45, 7) is 2.74. The van der Waals surface area contributed by atoms with Crippen LogP contribution in [0.25, 0.3) is 10.9 Å². The molecule has 0 saturated heterocycles. The van der Waals surface area contributed by atoms with E-state index in [9.17, 15) is 9.59 Å². The zero-order valence-electron chi connectivity index (χ0n) is 14.0. The number of pyridine rings is 1. The first-order valence-electron chi connectivity index (χ1n) is 8.25. The third-order valence-corrected chi connectivity index (χ3v) is 3.91. The fourth-order valence-electron chi connectivity index (χ4n) is 2.64. The summed E-state index contributed by atoms with van der Waals surface area (Å²) < 4.78 is 5.38. The number of rotatable bonds is 6. The van der Waals surface area contributed by atoms with Gasteiger partial charge in [0.25, 0.3) is 5.56 Å². The molecule has 0 spiro atoms. The standard InChI is InChI=1S/C20H20N2O3/c1-2-25-17-9-7-14(8-10-17)11-19(23)21-13-16-12-15-5-3-4-6-18(15)22-20(16)24/h3-10,12H,2,11,13H2,1H3,(H,21,23)(H,22,24). The first-order valence-corrected chi connectivity index (χ1v) is 8.25. The summed E-state index contributed by atoms with van der Waals surface area (Å²) in [6.07, 6.45) is 0.262. The van der Waals surface area contributed by atoms with Crippen molar-refractivity contribution >= 4 is 16.8 Å². The number of benzene rings is 2. The van der Waals surface area contributed by atoms with E-state index in [0.29, 0.717) is 12.2 Å². The van der Waals surface area contributed by atoms with Crippen molar-refractivity contribution < 1.29 is 9.53 Å². The lowest BCUT2D eigenvalue weighted by Crippen LogP contribution is -2.27.